The Morgan fingerprint density at radius 2 is 1.91 bits per heavy atom. The minimum absolute atomic E-state index is 0.0769. The molecule has 2 amide bonds. The molecule has 0 unspecified atom stereocenters. The Kier molecular flexibility index (Phi) is 3.42. The Morgan fingerprint density at radius 1 is 1.23 bits per heavy atom. The fraction of sp³-hybridized carbons (Fsp3) is 0.0625. The van der Waals surface area contributed by atoms with E-state index in [0.717, 1.165) is 4.90 Å². The topological polar surface area (TPSA) is 70.5 Å². The van der Waals surface area contributed by atoms with Crippen LogP contribution in [0.2, 0.25) is 5.02 Å². The van der Waals surface area contributed by atoms with Crippen LogP contribution in [0.4, 0.5) is 5.69 Å². The van der Waals surface area contributed by atoms with Crippen LogP contribution in [0.1, 0.15) is 18.1 Å². The summed E-state index contributed by atoms with van der Waals surface area (Å²) in [6.45, 7) is 1.29. The highest BCUT2D eigenvalue weighted by Gasteiger charge is 2.37. The number of pyridine rings is 1. The second-order valence-electron chi connectivity index (χ2n) is 4.78. The molecule has 0 aliphatic carbocycles. The van der Waals surface area contributed by atoms with E-state index in [-0.39, 0.29) is 11.3 Å². The predicted octanol–water partition coefficient (Wildman–Crippen LogP) is 3.05. The third kappa shape index (κ3) is 2.16. The molecule has 0 atom stereocenters. The number of imide groups is 1. The first kappa shape index (κ1) is 14.3. The van der Waals surface area contributed by atoms with Crippen molar-refractivity contribution in [2.75, 3.05) is 4.90 Å². The van der Waals surface area contributed by atoms with Crippen molar-refractivity contribution in [2.24, 2.45) is 0 Å². The largest absolute Gasteiger partial charge is 0.506 e. The number of anilines is 1. The molecule has 1 aliphatic rings. The molecule has 1 aromatic heterocycles. The van der Waals surface area contributed by atoms with Gasteiger partial charge >= 0.3 is 0 Å². The van der Waals surface area contributed by atoms with Gasteiger partial charge in [0.25, 0.3) is 5.91 Å². The van der Waals surface area contributed by atoms with Crippen molar-refractivity contribution in [2.45, 2.75) is 6.92 Å². The van der Waals surface area contributed by atoms with Crippen molar-refractivity contribution < 1.29 is 14.7 Å². The van der Waals surface area contributed by atoms with Crippen LogP contribution in [-0.4, -0.2) is 21.9 Å². The van der Waals surface area contributed by atoms with Crippen molar-refractivity contribution in [3.8, 4) is 0 Å². The van der Waals surface area contributed by atoms with Crippen LogP contribution in [-0.2, 0) is 9.59 Å². The van der Waals surface area contributed by atoms with Crippen LogP contribution in [0.15, 0.2) is 42.7 Å². The van der Waals surface area contributed by atoms with Gasteiger partial charge in [-0.3, -0.25) is 14.6 Å². The number of nitrogens with zero attached hydrogens (tertiary/aromatic N) is 2. The second kappa shape index (κ2) is 5.27. The van der Waals surface area contributed by atoms with Crippen LogP contribution in [0.3, 0.4) is 0 Å². The van der Waals surface area contributed by atoms with Gasteiger partial charge in [0.1, 0.15) is 5.76 Å². The van der Waals surface area contributed by atoms with Crippen molar-refractivity contribution in [1.29, 1.82) is 0 Å². The maximum atomic E-state index is 12.6. The zero-order chi connectivity index (χ0) is 15.9. The molecular weight excluding hydrogens is 304 g/mol. The van der Waals surface area contributed by atoms with Gasteiger partial charge in [0.2, 0.25) is 5.91 Å². The number of amides is 2. The Balaban J connectivity index is 2.27. The van der Waals surface area contributed by atoms with E-state index in [4.69, 9.17) is 11.6 Å². The summed E-state index contributed by atoms with van der Waals surface area (Å²) < 4.78 is 0. The van der Waals surface area contributed by atoms with Gasteiger partial charge in [-0.15, -0.1) is 0 Å². The lowest BCUT2D eigenvalue weighted by Gasteiger charge is -2.12. The van der Waals surface area contributed by atoms with Gasteiger partial charge < -0.3 is 5.11 Å². The lowest BCUT2D eigenvalue weighted by atomic mass is 10.0. The first-order valence-electron chi connectivity index (χ1n) is 6.49. The summed E-state index contributed by atoms with van der Waals surface area (Å²) in [6.07, 6.45) is 3.02. The van der Waals surface area contributed by atoms with Gasteiger partial charge in [0, 0.05) is 35.5 Å². The average Bonchev–Trinajstić information content (AvgIpc) is 2.78. The molecule has 2 aromatic rings. The number of aromatic nitrogens is 1. The molecule has 0 saturated heterocycles. The molecule has 5 nitrogen and oxygen atoms in total. The molecule has 3 rings (SSSR count). The summed E-state index contributed by atoms with van der Waals surface area (Å²) in [6, 6.07) is 7.93. The zero-order valence-electron chi connectivity index (χ0n) is 11.6. The van der Waals surface area contributed by atoms with E-state index in [0.29, 0.717) is 21.8 Å². The van der Waals surface area contributed by atoms with Gasteiger partial charge in [0.15, 0.2) is 0 Å². The number of hydrogen-bond acceptors (Lipinski definition) is 4. The maximum Gasteiger partial charge on any atom is 0.269 e. The minimum atomic E-state index is -0.570. The lowest BCUT2D eigenvalue weighted by molar-refractivity contribution is -0.122. The maximum absolute atomic E-state index is 12.6. The highest BCUT2D eigenvalue weighted by atomic mass is 35.5. The van der Waals surface area contributed by atoms with Crippen molar-refractivity contribution in [1.82, 2.24) is 4.98 Å². The van der Waals surface area contributed by atoms with Gasteiger partial charge in [0.05, 0.1) is 11.3 Å². The SMILES string of the molecule is CC(=O)N1C(=O)C(=C(O)c2ccncc2)c2ccc(Cl)cc21. The minimum Gasteiger partial charge on any atom is -0.506 e. The Hall–Kier alpha value is -2.66. The summed E-state index contributed by atoms with van der Waals surface area (Å²) in [4.78, 5) is 29.2. The third-order valence-corrected chi connectivity index (χ3v) is 3.63. The average molecular weight is 315 g/mol. The molecule has 0 saturated carbocycles. The van der Waals surface area contributed by atoms with Gasteiger partial charge in [-0.25, -0.2) is 4.90 Å². The number of fused-ring (bicyclic) bond motifs is 1. The Bertz CT molecular complexity index is 815. The summed E-state index contributed by atoms with van der Waals surface area (Å²) in [7, 11) is 0. The van der Waals surface area contributed by atoms with Gasteiger partial charge in [-0.2, -0.15) is 0 Å². The van der Waals surface area contributed by atoms with E-state index in [9.17, 15) is 14.7 Å². The molecular formula is C16H11ClN2O3. The van der Waals surface area contributed by atoms with E-state index in [1.807, 2.05) is 0 Å². The number of aliphatic hydroxyl groups excluding tert-OH is 1. The molecule has 0 bridgehead atoms. The number of carbonyl (C=O) groups is 2. The molecule has 1 aromatic carbocycles. The number of carbonyl (C=O) groups excluding carboxylic acids is 2. The smallest absolute Gasteiger partial charge is 0.269 e. The van der Waals surface area contributed by atoms with Gasteiger partial charge in [-0.1, -0.05) is 17.7 Å². The van der Waals surface area contributed by atoms with E-state index >= 15 is 0 Å². The van der Waals surface area contributed by atoms with Crippen LogP contribution in [0, 0.1) is 0 Å². The number of halogens is 1. The van der Waals surface area contributed by atoms with Crippen LogP contribution < -0.4 is 4.90 Å². The Morgan fingerprint density at radius 3 is 2.55 bits per heavy atom. The summed E-state index contributed by atoms with van der Waals surface area (Å²) in [5.74, 6) is -1.20. The quantitative estimate of drug-likeness (QED) is 0.648. The molecule has 0 spiro atoms. The third-order valence-electron chi connectivity index (χ3n) is 3.39. The normalized spacial score (nSPS) is 15.7. The second-order valence-corrected chi connectivity index (χ2v) is 5.22. The number of benzene rings is 1. The number of aliphatic hydroxyl groups is 1. The fourth-order valence-corrected chi connectivity index (χ4v) is 2.60. The number of hydrogen-bond donors (Lipinski definition) is 1. The molecule has 0 fully saturated rings. The molecule has 1 N–H and O–H groups in total. The summed E-state index contributed by atoms with van der Waals surface area (Å²) >= 11 is 5.95. The standard InChI is InChI=1S/C16H11ClN2O3/c1-9(20)19-13-8-11(17)2-3-12(13)14(16(19)22)15(21)10-4-6-18-7-5-10/h2-8,21H,1H3. The van der Waals surface area contributed by atoms with Crippen LogP contribution in [0.25, 0.3) is 11.3 Å². The van der Waals surface area contributed by atoms with E-state index in [1.165, 1.54) is 25.4 Å². The molecule has 1 aliphatic heterocycles. The van der Waals surface area contributed by atoms with Crippen molar-refractivity contribution in [3.05, 3.63) is 58.9 Å². The lowest BCUT2D eigenvalue weighted by Crippen LogP contribution is -2.31. The summed E-state index contributed by atoms with van der Waals surface area (Å²) in [5, 5.41) is 10.9. The van der Waals surface area contributed by atoms with E-state index in [2.05, 4.69) is 4.98 Å². The molecule has 22 heavy (non-hydrogen) atoms. The molecule has 110 valence electrons. The molecule has 0 radical (unpaired) electrons. The van der Waals surface area contributed by atoms with Crippen LogP contribution in [0.5, 0.6) is 0 Å². The highest BCUT2D eigenvalue weighted by molar-refractivity contribution is 6.43. The van der Waals surface area contributed by atoms with E-state index < -0.39 is 11.8 Å². The fourth-order valence-electron chi connectivity index (χ4n) is 2.43. The van der Waals surface area contributed by atoms with E-state index in [1.54, 1.807) is 24.3 Å². The number of rotatable bonds is 1. The molecule has 2 heterocycles. The Labute approximate surface area is 131 Å². The predicted molar refractivity (Wildman–Crippen MR) is 83.3 cm³/mol. The zero-order valence-corrected chi connectivity index (χ0v) is 12.3. The first-order chi connectivity index (χ1) is 10.5. The molecule has 6 heteroatoms. The summed E-state index contributed by atoms with van der Waals surface area (Å²) in [5.41, 5.74) is 1.37. The van der Waals surface area contributed by atoms with Crippen molar-refractivity contribution >= 4 is 40.4 Å². The van der Waals surface area contributed by atoms with Crippen molar-refractivity contribution in [3.63, 3.8) is 0 Å². The first-order valence-corrected chi connectivity index (χ1v) is 6.87. The monoisotopic (exact) mass is 314 g/mol. The van der Waals surface area contributed by atoms with Crippen LogP contribution >= 0.6 is 11.6 Å². The van der Waals surface area contributed by atoms with Gasteiger partial charge in [-0.05, 0) is 24.3 Å². The highest BCUT2D eigenvalue weighted by Crippen LogP contribution is 2.41.